The van der Waals surface area contributed by atoms with E-state index in [1.807, 2.05) is 12.1 Å². The molecule has 6 heteroatoms. The molecule has 0 fully saturated rings. The third-order valence-corrected chi connectivity index (χ3v) is 3.20. The number of anilines is 1. The minimum Gasteiger partial charge on any atom is -0.368 e. The molecule has 3 N–H and O–H groups in total. The van der Waals surface area contributed by atoms with Gasteiger partial charge in [0.05, 0.1) is 6.04 Å². The van der Waals surface area contributed by atoms with Gasteiger partial charge in [-0.2, -0.15) is 0 Å². The first-order chi connectivity index (χ1) is 10.5. The highest BCUT2D eigenvalue weighted by Gasteiger charge is 2.18. The van der Waals surface area contributed by atoms with Gasteiger partial charge in [-0.25, -0.2) is 9.97 Å². The number of aryl methyl sites for hydroxylation is 1. The molecule has 1 atom stereocenters. The Kier molecular flexibility index (Phi) is 5.04. The van der Waals surface area contributed by atoms with Crippen molar-refractivity contribution in [3.63, 3.8) is 0 Å². The van der Waals surface area contributed by atoms with Crippen molar-refractivity contribution in [2.45, 2.75) is 33.2 Å². The van der Waals surface area contributed by atoms with Gasteiger partial charge < -0.3 is 11.1 Å². The number of hydrogen-bond acceptors (Lipinski definition) is 5. The second-order valence-corrected chi connectivity index (χ2v) is 5.69. The van der Waals surface area contributed by atoms with Crippen LogP contribution in [0.3, 0.4) is 0 Å². The zero-order valence-corrected chi connectivity index (χ0v) is 13.1. The minimum atomic E-state index is -0.258. The normalized spacial score (nSPS) is 12.2. The monoisotopic (exact) mass is 299 g/mol. The molecule has 116 valence electrons. The molecule has 1 amide bonds. The summed E-state index contributed by atoms with van der Waals surface area (Å²) in [6.45, 7) is 6.01. The molecular weight excluding hydrogens is 278 g/mol. The zero-order chi connectivity index (χ0) is 16.1. The molecule has 0 unspecified atom stereocenters. The van der Waals surface area contributed by atoms with Crippen LogP contribution in [0.2, 0.25) is 0 Å². The molecule has 22 heavy (non-hydrogen) atoms. The fourth-order valence-corrected chi connectivity index (χ4v) is 2.27. The third kappa shape index (κ3) is 4.25. The minimum absolute atomic E-state index is 0.104. The van der Waals surface area contributed by atoms with Crippen LogP contribution in [0.5, 0.6) is 0 Å². The van der Waals surface area contributed by atoms with E-state index in [0.29, 0.717) is 11.6 Å². The highest BCUT2D eigenvalue weighted by molar-refractivity contribution is 5.92. The quantitative estimate of drug-likeness (QED) is 0.883. The van der Waals surface area contributed by atoms with E-state index in [0.717, 1.165) is 12.0 Å². The predicted molar refractivity (Wildman–Crippen MR) is 85.1 cm³/mol. The van der Waals surface area contributed by atoms with Gasteiger partial charge in [0.2, 0.25) is 5.95 Å². The summed E-state index contributed by atoms with van der Waals surface area (Å²) in [6, 6.07) is 5.33. The van der Waals surface area contributed by atoms with E-state index in [4.69, 9.17) is 5.73 Å². The maximum atomic E-state index is 12.4. The number of aromatic nitrogens is 3. The number of carbonyl (C=O) groups excluding carboxylic acids is 1. The van der Waals surface area contributed by atoms with Crippen molar-refractivity contribution in [3.05, 3.63) is 47.5 Å². The second kappa shape index (κ2) is 6.98. The van der Waals surface area contributed by atoms with Crippen molar-refractivity contribution >= 4 is 11.9 Å². The van der Waals surface area contributed by atoms with Crippen molar-refractivity contribution in [1.82, 2.24) is 20.3 Å². The van der Waals surface area contributed by atoms with Crippen LogP contribution in [0.1, 0.15) is 48.1 Å². The number of hydrogen-bond donors (Lipinski definition) is 2. The molecule has 0 radical (unpaired) electrons. The van der Waals surface area contributed by atoms with Gasteiger partial charge in [-0.1, -0.05) is 19.9 Å². The molecule has 0 bridgehead atoms. The average Bonchev–Trinajstić information content (AvgIpc) is 2.46. The Morgan fingerprint density at radius 1 is 1.36 bits per heavy atom. The lowest BCUT2D eigenvalue weighted by molar-refractivity contribution is 0.0926. The zero-order valence-electron chi connectivity index (χ0n) is 13.1. The summed E-state index contributed by atoms with van der Waals surface area (Å²) in [7, 11) is 0. The first-order valence-corrected chi connectivity index (χ1v) is 7.27. The molecule has 0 spiro atoms. The lowest BCUT2D eigenvalue weighted by Gasteiger charge is -2.20. The Bertz CT molecular complexity index is 622. The topological polar surface area (TPSA) is 93.8 Å². The third-order valence-electron chi connectivity index (χ3n) is 3.20. The van der Waals surface area contributed by atoms with Crippen molar-refractivity contribution in [2.75, 3.05) is 5.73 Å². The second-order valence-electron chi connectivity index (χ2n) is 5.69. The molecule has 0 aliphatic rings. The van der Waals surface area contributed by atoms with E-state index in [1.54, 1.807) is 25.4 Å². The van der Waals surface area contributed by atoms with E-state index < -0.39 is 0 Å². The lowest BCUT2D eigenvalue weighted by atomic mass is 9.98. The fraction of sp³-hybridized carbons (Fsp3) is 0.375. The Hall–Kier alpha value is -2.50. The molecule has 0 saturated heterocycles. The van der Waals surface area contributed by atoms with E-state index in [1.165, 1.54) is 0 Å². The number of nitrogens with one attached hydrogen (secondary N) is 1. The van der Waals surface area contributed by atoms with Crippen LogP contribution >= 0.6 is 0 Å². The Balaban J connectivity index is 2.21. The number of nitrogens with two attached hydrogens (primary N) is 1. The number of amides is 1. The fourth-order valence-electron chi connectivity index (χ4n) is 2.27. The molecule has 0 aromatic carbocycles. The molecule has 2 heterocycles. The number of pyridine rings is 1. The van der Waals surface area contributed by atoms with Crippen molar-refractivity contribution in [1.29, 1.82) is 0 Å². The SMILES string of the molecule is Cc1cc(C(=O)N[C@H](CC(C)C)c2cccnc2)nc(N)n1. The van der Waals surface area contributed by atoms with Gasteiger partial charge in [0.25, 0.3) is 5.91 Å². The van der Waals surface area contributed by atoms with Crippen LogP contribution in [0.4, 0.5) is 5.95 Å². The summed E-state index contributed by atoms with van der Waals surface area (Å²) in [5.74, 6) is 0.279. The highest BCUT2D eigenvalue weighted by Crippen LogP contribution is 2.21. The van der Waals surface area contributed by atoms with Crippen LogP contribution in [-0.2, 0) is 0 Å². The molecular formula is C16H21N5O. The summed E-state index contributed by atoms with van der Waals surface area (Å²) in [5, 5.41) is 3.01. The summed E-state index contributed by atoms with van der Waals surface area (Å²) in [5.41, 5.74) is 7.53. The summed E-state index contributed by atoms with van der Waals surface area (Å²) < 4.78 is 0. The molecule has 2 aromatic rings. The van der Waals surface area contributed by atoms with Crippen LogP contribution in [0.15, 0.2) is 30.6 Å². The Morgan fingerprint density at radius 3 is 2.73 bits per heavy atom. The molecule has 0 saturated carbocycles. The summed E-state index contributed by atoms with van der Waals surface area (Å²) >= 11 is 0. The molecule has 2 rings (SSSR count). The number of nitrogen functional groups attached to an aromatic ring is 1. The van der Waals surface area contributed by atoms with Gasteiger partial charge in [-0.05, 0) is 37.0 Å². The maximum Gasteiger partial charge on any atom is 0.270 e. The van der Waals surface area contributed by atoms with E-state index in [2.05, 4.69) is 34.1 Å². The highest BCUT2D eigenvalue weighted by atomic mass is 16.1. The Morgan fingerprint density at radius 2 is 2.14 bits per heavy atom. The maximum absolute atomic E-state index is 12.4. The number of nitrogens with zero attached hydrogens (tertiary/aromatic N) is 3. The van der Waals surface area contributed by atoms with E-state index in [-0.39, 0.29) is 23.6 Å². The summed E-state index contributed by atoms with van der Waals surface area (Å²) in [4.78, 5) is 24.5. The lowest BCUT2D eigenvalue weighted by Crippen LogP contribution is -2.30. The Labute approximate surface area is 130 Å². The largest absolute Gasteiger partial charge is 0.368 e. The molecule has 0 aliphatic carbocycles. The van der Waals surface area contributed by atoms with Crippen LogP contribution in [-0.4, -0.2) is 20.9 Å². The molecule has 0 aliphatic heterocycles. The smallest absolute Gasteiger partial charge is 0.270 e. The molecule has 2 aromatic heterocycles. The number of carbonyl (C=O) groups is 1. The van der Waals surface area contributed by atoms with Crippen LogP contribution in [0.25, 0.3) is 0 Å². The van der Waals surface area contributed by atoms with Gasteiger partial charge in [0.15, 0.2) is 0 Å². The van der Waals surface area contributed by atoms with Gasteiger partial charge in [-0.15, -0.1) is 0 Å². The summed E-state index contributed by atoms with van der Waals surface area (Å²) in [6.07, 6.45) is 4.30. The van der Waals surface area contributed by atoms with Crippen molar-refractivity contribution in [2.24, 2.45) is 5.92 Å². The van der Waals surface area contributed by atoms with Crippen LogP contribution in [0, 0.1) is 12.8 Å². The van der Waals surface area contributed by atoms with Gasteiger partial charge in [-0.3, -0.25) is 9.78 Å². The van der Waals surface area contributed by atoms with Crippen molar-refractivity contribution < 1.29 is 4.79 Å². The van der Waals surface area contributed by atoms with E-state index >= 15 is 0 Å². The standard InChI is InChI=1S/C16H21N5O/c1-10(2)7-13(12-5-4-6-18-9-12)20-15(22)14-8-11(3)19-16(17)21-14/h4-6,8-10,13H,7H2,1-3H3,(H,20,22)(H2,17,19,21)/t13-/m1/s1. The van der Waals surface area contributed by atoms with Crippen LogP contribution < -0.4 is 11.1 Å². The van der Waals surface area contributed by atoms with Gasteiger partial charge in [0.1, 0.15) is 5.69 Å². The number of rotatable bonds is 5. The first-order valence-electron chi connectivity index (χ1n) is 7.27. The average molecular weight is 299 g/mol. The van der Waals surface area contributed by atoms with E-state index in [9.17, 15) is 4.79 Å². The predicted octanol–water partition coefficient (Wildman–Crippen LogP) is 2.28. The van der Waals surface area contributed by atoms with Crippen molar-refractivity contribution in [3.8, 4) is 0 Å². The first kappa shape index (κ1) is 15.9. The molecule has 6 nitrogen and oxygen atoms in total. The van der Waals surface area contributed by atoms with Gasteiger partial charge in [0, 0.05) is 18.1 Å². The van der Waals surface area contributed by atoms with Gasteiger partial charge >= 0.3 is 0 Å².